The van der Waals surface area contributed by atoms with E-state index in [-0.39, 0.29) is 19.3 Å². The Kier molecular flexibility index (Phi) is 6.32. The molecular formula is C11H20N2O5. The minimum Gasteiger partial charge on any atom is -0.481 e. The van der Waals surface area contributed by atoms with E-state index in [4.69, 9.17) is 15.9 Å². The van der Waals surface area contributed by atoms with Crippen molar-refractivity contribution < 1.29 is 24.6 Å². The fourth-order valence-corrected chi connectivity index (χ4v) is 1.50. The highest BCUT2D eigenvalue weighted by molar-refractivity contribution is 5.89. The first-order chi connectivity index (χ1) is 8.23. The number of carbonyl (C=O) groups is 3. The van der Waals surface area contributed by atoms with E-state index in [1.165, 1.54) is 6.92 Å². The first-order valence-electron chi connectivity index (χ1n) is 5.75. The van der Waals surface area contributed by atoms with Gasteiger partial charge < -0.3 is 21.3 Å². The molecule has 0 rings (SSSR count). The molecule has 0 aliphatic carbocycles. The van der Waals surface area contributed by atoms with Gasteiger partial charge in [0, 0.05) is 6.42 Å². The quantitative estimate of drug-likeness (QED) is 0.483. The number of nitrogens with one attached hydrogen (secondary N) is 1. The fourth-order valence-electron chi connectivity index (χ4n) is 1.50. The van der Waals surface area contributed by atoms with Gasteiger partial charge in [0.2, 0.25) is 5.91 Å². The summed E-state index contributed by atoms with van der Waals surface area (Å²) in [7, 11) is 0. The maximum absolute atomic E-state index is 11.7. The molecule has 0 saturated carbocycles. The van der Waals surface area contributed by atoms with Crippen LogP contribution in [0.1, 0.15) is 39.5 Å². The standard InChI is InChI=1S/C11H20N2O5/c1-3-6-11(2,10(17)18)13-9(16)7(12)4-5-8(14)15/h7H,3-6,12H2,1-2H3,(H,13,16)(H,14,15)(H,17,18). The second kappa shape index (κ2) is 6.95. The first kappa shape index (κ1) is 16.4. The summed E-state index contributed by atoms with van der Waals surface area (Å²) in [6, 6.07) is -1.02. The van der Waals surface area contributed by atoms with Crippen LogP contribution in [0.25, 0.3) is 0 Å². The lowest BCUT2D eigenvalue weighted by molar-refractivity contribution is -0.147. The van der Waals surface area contributed by atoms with Crippen LogP contribution >= 0.6 is 0 Å². The zero-order valence-electron chi connectivity index (χ0n) is 10.6. The molecule has 0 aromatic heterocycles. The van der Waals surface area contributed by atoms with E-state index in [0.717, 1.165) is 0 Å². The Balaban J connectivity index is 4.50. The van der Waals surface area contributed by atoms with Gasteiger partial charge in [-0.15, -0.1) is 0 Å². The lowest BCUT2D eigenvalue weighted by atomic mass is 9.95. The highest BCUT2D eigenvalue weighted by atomic mass is 16.4. The van der Waals surface area contributed by atoms with E-state index in [1.54, 1.807) is 6.92 Å². The number of hydrogen-bond acceptors (Lipinski definition) is 4. The second-order valence-corrected chi connectivity index (χ2v) is 4.42. The van der Waals surface area contributed by atoms with E-state index in [2.05, 4.69) is 5.32 Å². The normalized spacial score (nSPS) is 15.5. The summed E-state index contributed by atoms with van der Waals surface area (Å²) >= 11 is 0. The molecule has 5 N–H and O–H groups in total. The Labute approximate surface area is 105 Å². The number of carbonyl (C=O) groups excluding carboxylic acids is 1. The lowest BCUT2D eigenvalue weighted by Crippen LogP contribution is -2.56. The predicted octanol–water partition coefficient (Wildman–Crippen LogP) is -0.0619. The Morgan fingerprint density at radius 2 is 1.89 bits per heavy atom. The van der Waals surface area contributed by atoms with Crippen LogP contribution in [0.15, 0.2) is 0 Å². The first-order valence-corrected chi connectivity index (χ1v) is 5.75. The number of carboxylic acids is 2. The molecule has 0 aromatic carbocycles. The van der Waals surface area contributed by atoms with E-state index in [9.17, 15) is 14.4 Å². The van der Waals surface area contributed by atoms with E-state index < -0.39 is 29.4 Å². The highest BCUT2D eigenvalue weighted by Gasteiger charge is 2.35. The van der Waals surface area contributed by atoms with E-state index >= 15 is 0 Å². The van der Waals surface area contributed by atoms with E-state index in [0.29, 0.717) is 6.42 Å². The van der Waals surface area contributed by atoms with Crippen molar-refractivity contribution in [3.8, 4) is 0 Å². The maximum atomic E-state index is 11.7. The monoisotopic (exact) mass is 260 g/mol. The molecule has 0 fully saturated rings. The van der Waals surface area contributed by atoms with Crippen LogP contribution in [0.2, 0.25) is 0 Å². The number of hydrogen-bond donors (Lipinski definition) is 4. The average Bonchev–Trinajstić information content (AvgIpc) is 2.25. The second-order valence-electron chi connectivity index (χ2n) is 4.42. The van der Waals surface area contributed by atoms with Crippen LogP contribution in [0.5, 0.6) is 0 Å². The van der Waals surface area contributed by atoms with Crippen LogP contribution in [-0.2, 0) is 14.4 Å². The molecule has 7 nitrogen and oxygen atoms in total. The molecule has 0 spiro atoms. The molecule has 2 atom stereocenters. The van der Waals surface area contributed by atoms with Crippen LogP contribution in [0.3, 0.4) is 0 Å². The molecule has 2 unspecified atom stereocenters. The third-order valence-electron chi connectivity index (χ3n) is 2.63. The molecule has 0 aliphatic heterocycles. The minimum absolute atomic E-state index is 0.0248. The number of rotatable bonds is 8. The zero-order chi connectivity index (χ0) is 14.3. The van der Waals surface area contributed by atoms with Crippen molar-refractivity contribution in [1.82, 2.24) is 5.32 Å². The summed E-state index contributed by atoms with van der Waals surface area (Å²) in [5, 5.41) is 19.9. The number of carboxylic acid groups (broad SMARTS) is 2. The van der Waals surface area contributed by atoms with Gasteiger partial charge in [-0.1, -0.05) is 13.3 Å². The summed E-state index contributed by atoms with van der Waals surface area (Å²) in [5.74, 6) is -2.83. The van der Waals surface area contributed by atoms with Gasteiger partial charge in [-0.2, -0.15) is 0 Å². The van der Waals surface area contributed by atoms with Gasteiger partial charge in [-0.05, 0) is 19.8 Å². The Bertz CT molecular complexity index is 331. The van der Waals surface area contributed by atoms with Gasteiger partial charge in [0.25, 0.3) is 0 Å². The summed E-state index contributed by atoms with van der Waals surface area (Å²) in [4.78, 5) is 33.1. The van der Waals surface area contributed by atoms with Gasteiger partial charge in [-0.25, -0.2) is 4.79 Å². The summed E-state index contributed by atoms with van der Waals surface area (Å²) in [6.07, 6.45) is 0.613. The van der Waals surface area contributed by atoms with Crippen LogP contribution in [0.4, 0.5) is 0 Å². The molecule has 0 heterocycles. The topological polar surface area (TPSA) is 130 Å². The van der Waals surface area contributed by atoms with Crippen molar-refractivity contribution >= 4 is 17.8 Å². The molecular weight excluding hydrogens is 240 g/mol. The molecule has 0 radical (unpaired) electrons. The van der Waals surface area contributed by atoms with Crippen molar-refractivity contribution in [2.75, 3.05) is 0 Å². The summed E-state index contributed by atoms with van der Waals surface area (Å²) in [6.45, 7) is 3.21. The van der Waals surface area contributed by atoms with Crippen molar-refractivity contribution in [2.24, 2.45) is 5.73 Å². The largest absolute Gasteiger partial charge is 0.481 e. The van der Waals surface area contributed by atoms with Gasteiger partial charge >= 0.3 is 11.9 Å². The van der Waals surface area contributed by atoms with Gasteiger partial charge in [0.05, 0.1) is 6.04 Å². The molecule has 7 heteroatoms. The third kappa shape index (κ3) is 5.13. The SMILES string of the molecule is CCCC(C)(NC(=O)C(N)CCC(=O)O)C(=O)O. The van der Waals surface area contributed by atoms with Crippen molar-refractivity contribution in [3.63, 3.8) is 0 Å². The predicted molar refractivity (Wildman–Crippen MR) is 63.9 cm³/mol. The smallest absolute Gasteiger partial charge is 0.329 e. The average molecular weight is 260 g/mol. The Hall–Kier alpha value is -1.63. The molecule has 0 bridgehead atoms. The van der Waals surface area contributed by atoms with Gasteiger partial charge in [0.15, 0.2) is 0 Å². The fraction of sp³-hybridized carbons (Fsp3) is 0.727. The van der Waals surface area contributed by atoms with Crippen LogP contribution in [0, 0.1) is 0 Å². The van der Waals surface area contributed by atoms with Crippen LogP contribution < -0.4 is 11.1 Å². The summed E-state index contributed by atoms with van der Waals surface area (Å²) < 4.78 is 0. The maximum Gasteiger partial charge on any atom is 0.329 e. The molecule has 18 heavy (non-hydrogen) atoms. The highest BCUT2D eigenvalue weighted by Crippen LogP contribution is 2.13. The van der Waals surface area contributed by atoms with Crippen LogP contribution in [-0.4, -0.2) is 39.6 Å². The van der Waals surface area contributed by atoms with Gasteiger partial charge in [0.1, 0.15) is 5.54 Å². The Morgan fingerprint density at radius 1 is 1.33 bits per heavy atom. The van der Waals surface area contributed by atoms with Crippen molar-refractivity contribution in [1.29, 1.82) is 0 Å². The molecule has 1 amide bonds. The Morgan fingerprint density at radius 3 is 2.28 bits per heavy atom. The number of amides is 1. The van der Waals surface area contributed by atoms with Gasteiger partial charge in [-0.3, -0.25) is 9.59 Å². The molecule has 104 valence electrons. The minimum atomic E-state index is -1.37. The zero-order valence-corrected chi connectivity index (χ0v) is 10.6. The number of aliphatic carboxylic acids is 2. The molecule has 0 aliphatic rings. The van der Waals surface area contributed by atoms with Crippen molar-refractivity contribution in [2.45, 2.75) is 51.1 Å². The van der Waals surface area contributed by atoms with E-state index in [1.807, 2.05) is 0 Å². The molecule has 0 aromatic rings. The lowest BCUT2D eigenvalue weighted by Gasteiger charge is -2.27. The summed E-state index contributed by atoms with van der Waals surface area (Å²) in [5.41, 5.74) is 4.13. The number of nitrogens with two attached hydrogens (primary N) is 1. The van der Waals surface area contributed by atoms with Crippen molar-refractivity contribution in [3.05, 3.63) is 0 Å². The molecule has 0 saturated heterocycles. The third-order valence-corrected chi connectivity index (χ3v) is 2.63.